The summed E-state index contributed by atoms with van der Waals surface area (Å²) in [4.78, 5) is 9.96. The van der Waals surface area contributed by atoms with Crippen molar-refractivity contribution in [1.29, 1.82) is 0 Å². The van der Waals surface area contributed by atoms with Gasteiger partial charge in [0.15, 0.2) is 23.1 Å². The first-order valence-corrected chi connectivity index (χ1v) is 11.3. The number of aromatic amines is 1. The molecule has 1 N–H and O–H groups in total. The Balaban J connectivity index is 1.47. The summed E-state index contributed by atoms with van der Waals surface area (Å²) in [5, 5.41) is 5.39. The number of piperidine rings is 1. The van der Waals surface area contributed by atoms with E-state index in [0.717, 1.165) is 48.0 Å². The van der Waals surface area contributed by atoms with Crippen molar-refractivity contribution < 1.29 is 18.3 Å². The highest BCUT2D eigenvalue weighted by molar-refractivity contribution is 5.84. The number of hydrogen-bond donors (Lipinski definition) is 1. The van der Waals surface area contributed by atoms with Crippen molar-refractivity contribution in [3.8, 4) is 22.6 Å². The molecule has 0 atom stereocenters. The molecule has 1 aliphatic heterocycles. The molecule has 178 valence electrons. The number of halogens is 2. The maximum atomic E-state index is 14.9. The third-order valence-corrected chi connectivity index (χ3v) is 6.65. The van der Waals surface area contributed by atoms with Crippen molar-refractivity contribution in [2.24, 2.45) is 0 Å². The second-order valence-electron chi connectivity index (χ2n) is 8.74. The van der Waals surface area contributed by atoms with Gasteiger partial charge >= 0.3 is 0 Å². The number of H-pyrrole nitrogens is 1. The second kappa shape index (κ2) is 9.06. The summed E-state index contributed by atoms with van der Waals surface area (Å²) in [6, 6.07) is 3.58. The Hall–Kier alpha value is -3.46. The van der Waals surface area contributed by atoms with Gasteiger partial charge in [0.2, 0.25) is 0 Å². The van der Waals surface area contributed by atoms with E-state index in [0.29, 0.717) is 11.7 Å². The summed E-state index contributed by atoms with van der Waals surface area (Å²) >= 11 is 0. The molecule has 4 aromatic rings. The predicted molar refractivity (Wildman–Crippen MR) is 125 cm³/mol. The van der Waals surface area contributed by atoms with E-state index >= 15 is 0 Å². The third kappa shape index (κ3) is 4.00. The molecule has 9 heteroatoms. The van der Waals surface area contributed by atoms with Crippen LogP contribution in [0.2, 0.25) is 0 Å². The highest BCUT2D eigenvalue weighted by Gasteiger charge is 2.22. The van der Waals surface area contributed by atoms with Crippen molar-refractivity contribution in [3.05, 3.63) is 59.7 Å². The molecule has 4 heterocycles. The van der Waals surface area contributed by atoms with Crippen LogP contribution >= 0.6 is 0 Å². The first-order chi connectivity index (χ1) is 16.5. The van der Waals surface area contributed by atoms with Gasteiger partial charge in [0.25, 0.3) is 0 Å². The Kier molecular flexibility index (Phi) is 5.95. The van der Waals surface area contributed by atoms with Crippen LogP contribution in [0.25, 0.3) is 22.2 Å². The number of pyridine rings is 1. The number of benzene rings is 1. The molecule has 3 aromatic heterocycles. The third-order valence-electron chi connectivity index (χ3n) is 6.65. The average molecular weight is 468 g/mol. The smallest absolute Gasteiger partial charge is 0.171 e. The van der Waals surface area contributed by atoms with E-state index in [4.69, 9.17) is 9.47 Å². The van der Waals surface area contributed by atoms with E-state index in [1.807, 2.05) is 16.9 Å². The lowest BCUT2D eigenvalue weighted by molar-refractivity contribution is 0.212. The minimum absolute atomic E-state index is 0.0191. The maximum Gasteiger partial charge on any atom is 0.171 e. The van der Waals surface area contributed by atoms with Crippen LogP contribution < -0.4 is 9.47 Å². The predicted octanol–water partition coefficient (Wildman–Crippen LogP) is 4.58. The van der Waals surface area contributed by atoms with Gasteiger partial charge in [0, 0.05) is 53.2 Å². The van der Waals surface area contributed by atoms with Crippen LogP contribution in [-0.4, -0.2) is 59.0 Å². The number of methoxy groups -OCH3 is 2. The van der Waals surface area contributed by atoms with E-state index in [9.17, 15) is 8.78 Å². The Labute approximate surface area is 196 Å². The quantitative estimate of drug-likeness (QED) is 0.450. The summed E-state index contributed by atoms with van der Waals surface area (Å²) in [7, 11) is 4.82. The molecule has 1 fully saturated rings. The summed E-state index contributed by atoms with van der Waals surface area (Å²) in [5.41, 5.74) is 3.12. The molecule has 0 saturated carbocycles. The number of aromatic nitrogens is 4. The van der Waals surface area contributed by atoms with Gasteiger partial charge in [-0.15, -0.1) is 0 Å². The fraction of sp³-hybridized carbons (Fsp3) is 0.360. The molecule has 5 rings (SSSR count). The van der Waals surface area contributed by atoms with Crippen molar-refractivity contribution >= 4 is 11.0 Å². The standard InChI is InChI=1S/C25H27F2N5O2/c1-31-6-4-18(5-7-31)32-14-17(13-30-32)15-8-19-16(12-29-25(19)28-11-15)9-20-23(26)21(33-2)10-22(34-3)24(20)27/h8,10-14,18H,4-7,9H2,1-3H3,(H,28,29). The first kappa shape index (κ1) is 22.3. The second-order valence-corrected chi connectivity index (χ2v) is 8.74. The van der Waals surface area contributed by atoms with E-state index in [2.05, 4.69) is 33.2 Å². The van der Waals surface area contributed by atoms with Crippen molar-refractivity contribution in [3.63, 3.8) is 0 Å². The highest BCUT2D eigenvalue weighted by Crippen LogP contribution is 2.34. The number of nitrogens with one attached hydrogen (secondary N) is 1. The van der Waals surface area contributed by atoms with Crippen molar-refractivity contribution in [2.45, 2.75) is 25.3 Å². The molecule has 0 bridgehead atoms. The van der Waals surface area contributed by atoms with Gasteiger partial charge in [-0.2, -0.15) is 5.10 Å². The van der Waals surface area contributed by atoms with Crippen molar-refractivity contribution in [2.75, 3.05) is 34.4 Å². The fourth-order valence-electron chi connectivity index (χ4n) is 4.59. The number of ether oxygens (including phenoxy) is 2. The molecular formula is C25H27F2N5O2. The van der Waals surface area contributed by atoms with E-state index < -0.39 is 11.6 Å². The Bertz CT molecular complexity index is 1300. The normalized spacial score (nSPS) is 15.2. The lowest BCUT2D eigenvalue weighted by Crippen LogP contribution is -2.31. The number of hydrogen-bond acceptors (Lipinski definition) is 5. The van der Waals surface area contributed by atoms with Crippen LogP contribution in [0, 0.1) is 11.6 Å². The molecule has 1 saturated heterocycles. The van der Waals surface area contributed by atoms with Crippen LogP contribution in [-0.2, 0) is 6.42 Å². The molecule has 0 amide bonds. The molecular weight excluding hydrogens is 440 g/mol. The van der Waals surface area contributed by atoms with Crippen LogP contribution in [0.5, 0.6) is 11.5 Å². The lowest BCUT2D eigenvalue weighted by Gasteiger charge is -2.28. The maximum absolute atomic E-state index is 14.9. The molecule has 1 aromatic carbocycles. The van der Waals surface area contributed by atoms with Crippen LogP contribution in [0.1, 0.15) is 30.0 Å². The fourth-order valence-corrected chi connectivity index (χ4v) is 4.59. The number of rotatable bonds is 6. The van der Waals surface area contributed by atoms with E-state index in [1.54, 1.807) is 12.4 Å². The topological polar surface area (TPSA) is 68.2 Å². The Morgan fingerprint density at radius 2 is 1.74 bits per heavy atom. The van der Waals surface area contributed by atoms with Crippen LogP contribution in [0.4, 0.5) is 8.78 Å². The van der Waals surface area contributed by atoms with Crippen LogP contribution in [0.15, 0.2) is 36.9 Å². The average Bonchev–Trinajstić information content (AvgIpc) is 3.50. The summed E-state index contributed by atoms with van der Waals surface area (Å²) < 4.78 is 42.0. The molecule has 0 unspecified atom stereocenters. The minimum atomic E-state index is -0.737. The van der Waals surface area contributed by atoms with Gasteiger partial charge in [-0.1, -0.05) is 0 Å². The summed E-state index contributed by atoms with van der Waals surface area (Å²) in [6.07, 6.45) is 9.57. The monoisotopic (exact) mass is 467 g/mol. The number of likely N-dealkylation sites (tertiary alicyclic amines) is 1. The minimum Gasteiger partial charge on any atom is -0.494 e. The van der Waals surface area contributed by atoms with Crippen LogP contribution in [0.3, 0.4) is 0 Å². The zero-order valence-electron chi connectivity index (χ0n) is 19.4. The van der Waals surface area contributed by atoms with Gasteiger partial charge in [-0.3, -0.25) is 4.68 Å². The molecule has 1 aliphatic rings. The molecule has 7 nitrogen and oxygen atoms in total. The van der Waals surface area contributed by atoms with Gasteiger partial charge in [0.05, 0.1) is 26.5 Å². The van der Waals surface area contributed by atoms with Gasteiger partial charge < -0.3 is 19.4 Å². The Morgan fingerprint density at radius 1 is 1.03 bits per heavy atom. The van der Waals surface area contributed by atoms with Gasteiger partial charge in [0.1, 0.15) is 5.65 Å². The molecule has 0 spiro atoms. The highest BCUT2D eigenvalue weighted by atomic mass is 19.1. The number of fused-ring (bicyclic) bond motifs is 1. The number of nitrogens with zero attached hydrogens (tertiary/aromatic N) is 4. The van der Waals surface area contributed by atoms with Crippen molar-refractivity contribution in [1.82, 2.24) is 24.6 Å². The molecule has 0 aliphatic carbocycles. The Morgan fingerprint density at radius 3 is 2.41 bits per heavy atom. The summed E-state index contributed by atoms with van der Waals surface area (Å²) in [5.74, 6) is -1.60. The van der Waals surface area contributed by atoms with Gasteiger partial charge in [-0.25, -0.2) is 13.8 Å². The first-order valence-electron chi connectivity index (χ1n) is 11.3. The molecule has 34 heavy (non-hydrogen) atoms. The molecule has 0 radical (unpaired) electrons. The zero-order valence-corrected chi connectivity index (χ0v) is 19.4. The van der Waals surface area contributed by atoms with Gasteiger partial charge in [-0.05, 0) is 44.6 Å². The van der Waals surface area contributed by atoms with E-state index in [-0.39, 0.29) is 23.5 Å². The largest absolute Gasteiger partial charge is 0.494 e. The zero-order chi connectivity index (χ0) is 23.8. The SMILES string of the molecule is COc1cc(OC)c(F)c(Cc2c[nH]c3ncc(-c4cnn(C5CCN(C)CC5)c4)cc23)c1F. The van der Waals surface area contributed by atoms with E-state index in [1.165, 1.54) is 20.3 Å². The summed E-state index contributed by atoms with van der Waals surface area (Å²) in [6.45, 7) is 2.12. The lowest BCUT2D eigenvalue weighted by atomic mass is 10.0.